The summed E-state index contributed by atoms with van der Waals surface area (Å²) in [6.07, 6.45) is 2.07. The first-order valence-electron chi connectivity index (χ1n) is 8.91. The van der Waals surface area contributed by atoms with E-state index in [1.807, 2.05) is 54.6 Å². The average Bonchev–Trinajstić information content (AvgIpc) is 3.01. The molecule has 1 aliphatic rings. The van der Waals surface area contributed by atoms with Gasteiger partial charge in [-0.3, -0.25) is 4.98 Å². The molecule has 0 aliphatic heterocycles. The molecule has 2 atom stereocenters. The Morgan fingerprint density at radius 1 is 1.00 bits per heavy atom. The summed E-state index contributed by atoms with van der Waals surface area (Å²) >= 11 is 0. The van der Waals surface area contributed by atoms with E-state index in [1.165, 1.54) is 11.1 Å². The second-order valence-electron chi connectivity index (χ2n) is 6.55. The number of benzene rings is 2. The van der Waals surface area contributed by atoms with E-state index in [9.17, 15) is 5.11 Å². The summed E-state index contributed by atoms with van der Waals surface area (Å²) in [6, 6.07) is 22.0. The number of rotatable bonds is 6. The highest BCUT2D eigenvalue weighted by molar-refractivity contribution is 5.37. The number of ether oxygens (including phenoxy) is 1. The van der Waals surface area contributed by atoms with Crippen molar-refractivity contribution in [1.29, 1.82) is 0 Å². The number of aliphatic hydroxyl groups excluding tert-OH is 1. The maximum Gasteiger partial charge on any atom is 0.130 e. The van der Waals surface area contributed by atoms with Gasteiger partial charge in [-0.2, -0.15) is 0 Å². The third kappa shape index (κ3) is 3.62. The van der Waals surface area contributed by atoms with Crippen molar-refractivity contribution < 1.29 is 9.84 Å². The highest BCUT2D eigenvalue weighted by Crippen LogP contribution is 2.32. The molecule has 0 saturated heterocycles. The average molecular weight is 346 g/mol. The van der Waals surface area contributed by atoms with Gasteiger partial charge in [-0.25, -0.2) is 0 Å². The van der Waals surface area contributed by atoms with E-state index in [0.29, 0.717) is 19.6 Å². The van der Waals surface area contributed by atoms with Crippen molar-refractivity contribution in [2.24, 2.45) is 0 Å². The van der Waals surface area contributed by atoms with E-state index in [4.69, 9.17) is 4.74 Å². The molecule has 1 heterocycles. The van der Waals surface area contributed by atoms with Crippen LogP contribution in [0.3, 0.4) is 0 Å². The summed E-state index contributed by atoms with van der Waals surface area (Å²) in [4.78, 5) is 4.29. The highest BCUT2D eigenvalue weighted by Gasteiger charge is 2.30. The van der Waals surface area contributed by atoms with Gasteiger partial charge in [0, 0.05) is 24.7 Å². The standard InChI is InChI=1S/C22H22N2O2/c25-20-13-16-7-1-3-10-19(16)22(20)24-14-17-8-2-4-11-21(17)26-15-18-9-5-6-12-23-18/h1-12,20,22,24-25H,13-15H2/t20-,22+/m0/s1. The zero-order valence-electron chi connectivity index (χ0n) is 14.5. The lowest BCUT2D eigenvalue weighted by atomic mass is 10.1. The molecule has 2 N–H and O–H groups in total. The maximum absolute atomic E-state index is 10.4. The second kappa shape index (κ2) is 7.68. The molecule has 1 aromatic heterocycles. The molecule has 4 heteroatoms. The SMILES string of the molecule is O[C@H]1Cc2ccccc2[C@H]1NCc1ccccc1OCc1ccccn1. The predicted octanol–water partition coefficient (Wildman–Crippen LogP) is 3.41. The normalized spacial score (nSPS) is 18.5. The van der Waals surface area contributed by atoms with Gasteiger partial charge in [0.1, 0.15) is 12.4 Å². The molecule has 26 heavy (non-hydrogen) atoms. The Morgan fingerprint density at radius 2 is 1.81 bits per heavy atom. The summed E-state index contributed by atoms with van der Waals surface area (Å²) in [7, 11) is 0. The topological polar surface area (TPSA) is 54.4 Å². The lowest BCUT2D eigenvalue weighted by molar-refractivity contribution is 0.140. The number of hydrogen-bond acceptors (Lipinski definition) is 4. The van der Waals surface area contributed by atoms with E-state index < -0.39 is 6.10 Å². The molecule has 0 unspecified atom stereocenters. The van der Waals surface area contributed by atoms with Gasteiger partial charge in [0.2, 0.25) is 0 Å². The van der Waals surface area contributed by atoms with Crippen LogP contribution in [-0.2, 0) is 19.6 Å². The predicted molar refractivity (Wildman–Crippen MR) is 101 cm³/mol. The molecule has 1 aliphatic carbocycles. The number of aliphatic hydroxyl groups is 1. The molecule has 4 nitrogen and oxygen atoms in total. The van der Waals surface area contributed by atoms with Gasteiger partial charge in [-0.05, 0) is 29.3 Å². The van der Waals surface area contributed by atoms with E-state index >= 15 is 0 Å². The van der Waals surface area contributed by atoms with Gasteiger partial charge < -0.3 is 15.2 Å². The van der Waals surface area contributed by atoms with E-state index in [1.54, 1.807) is 6.20 Å². The number of para-hydroxylation sites is 1. The Labute approximate surface area is 153 Å². The molecular formula is C22H22N2O2. The molecule has 0 bridgehead atoms. The van der Waals surface area contributed by atoms with Crippen LogP contribution in [0.1, 0.15) is 28.4 Å². The van der Waals surface area contributed by atoms with Gasteiger partial charge in [0.05, 0.1) is 17.8 Å². The van der Waals surface area contributed by atoms with Crippen molar-refractivity contribution in [3.05, 3.63) is 95.3 Å². The lowest BCUT2D eigenvalue weighted by Gasteiger charge is -2.19. The van der Waals surface area contributed by atoms with E-state index in [0.717, 1.165) is 17.0 Å². The Morgan fingerprint density at radius 3 is 2.69 bits per heavy atom. The number of aromatic nitrogens is 1. The van der Waals surface area contributed by atoms with Crippen molar-refractivity contribution in [2.45, 2.75) is 31.7 Å². The van der Waals surface area contributed by atoms with Gasteiger partial charge in [0.25, 0.3) is 0 Å². The first-order valence-corrected chi connectivity index (χ1v) is 8.91. The fraction of sp³-hybridized carbons (Fsp3) is 0.227. The Bertz CT molecular complexity index is 867. The molecule has 0 saturated carbocycles. The van der Waals surface area contributed by atoms with Crippen LogP contribution >= 0.6 is 0 Å². The molecule has 0 radical (unpaired) electrons. The summed E-state index contributed by atoms with van der Waals surface area (Å²) in [6.45, 7) is 1.07. The largest absolute Gasteiger partial charge is 0.487 e. The smallest absolute Gasteiger partial charge is 0.130 e. The number of nitrogens with zero attached hydrogens (tertiary/aromatic N) is 1. The van der Waals surface area contributed by atoms with E-state index in [-0.39, 0.29) is 6.04 Å². The van der Waals surface area contributed by atoms with Gasteiger partial charge in [-0.1, -0.05) is 48.5 Å². The molecule has 0 amide bonds. The van der Waals surface area contributed by atoms with Crippen LogP contribution in [0.15, 0.2) is 72.9 Å². The van der Waals surface area contributed by atoms with Crippen molar-refractivity contribution in [3.8, 4) is 5.75 Å². The van der Waals surface area contributed by atoms with Crippen LogP contribution in [0.5, 0.6) is 5.75 Å². The molecular weight excluding hydrogens is 324 g/mol. The summed E-state index contributed by atoms with van der Waals surface area (Å²) < 4.78 is 5.97. The quantitative estimate of drug-likeness (QED) is 0.718. The minimum atomic E-state index is -0.394. The summed E-state index contributed by atoms with van der Waals surface area (Å²) in [5.41, 5.74) is 4.37. The zero-order chi connectivity index (χ0) is 17.8. The lowest BCUT2D eigenvalue weighted by Crippen LogP contribution is -2.28. The first kappa shape index (κ1) is 16.8. The number of fused-ring (bicyclic) bond motifs is 1. The minimum absolute atomic E-state index is 0.0463. The third-order valence-corrected chi connectivity index (χ3v) is 4.79. The Kier molecular flexibility index (Phi) is 4.95. The van der Waals surface area contributed by atoms with Gasteiger partial charge >= 0.3 is 0 Å². The van der Waals surface area contributed by atoms with Gasteiger partial charge in [-0.15, -0.1) is 0 Å². The second-order valence-corrected chi connectivity index (χ2v) is 6.55. The first-order chi connectivity index (χ1) is 12.8. The van der Waals surface area contributed by atoms with Gasteiger partial charge in [0.15, 0.2) is 0 Å². The summed E-state index contributed by atoms with van der Waals surface area (Å²) in [5, 5.41) is 13.9. The Hall–Kier alpha value is -2.69. The van der Waals surface area contributed by atoms with Crippen LogP contribution in [0.25, 0.3) is 0 Å². The van der Waals surface area contributed by atoms with Crippen molar-refractivity contribution >= 4 is 0 Å². The third-order valence-electron chi connectivity index (χ3n) is 4.79. The van der Waals surface area contributed by atoms with Crippen molar-refractivity contribution in [3.63, 3.8) is 0 Å². The molecule has 2 aromatic carbocycles. The molecule has 0 spiro atoms. The van der Waals surface area contributed by atoms with Crippen LogP contribution < -0.4 is 10.1 Å². The monoisotopic (exact) mass is 346 g/mol. The minimum Gasteiger partial charge on any atom is -0.487 e. The highest BCUT2D eigenvalue weighted by atomic mass is 16.5. The van der Waals surface area contributed by atoms with Crippen molar-refractivity contribution in [1.82, 2.24) is 10.3 Å². The zero-order valence-corrected chi connectivity index (χ0v) is 14.5. The van der Waals surface area contributed by atoms with Crippen LogP contribution in [-0.4, -0.2) is 16.2 Å². The van der Waals surface area contributed by atoms with Crippen LogP contribution in [0.2, 0.25) is 0 Å². The Balaban J connectivity index is 1.44. The maximum atomic E-state index is 10.4. The molecule has 3 aromatic rings. The number of nitrogens with one attached hydrogen (secondary N) is 1. The molecule has 4 rings (SSSR count). The number of pyridine rings is 1. The number of hydrogen-bond donors (Lipinski definition) is 2. The fourth-order valence-electron chi connectivity index (χ4n) is 3.47. The van der Waals surface area contributed by atoms with E-state index in [2.05, 4.69) is 22.4 Å². The molecule has 0 fully saturated rings. The fourth-order valence-corrected chi connectivity index (χ4v) is 3.47. The van der Waals surface area contributed by atoms with Crippen LogP contribution in [0, 0.1) is 0 Å². The molecule has 132 valence electrons. The summed E-state index contributed by atoms with van der Waals surface area (Å²) in [5.74, 6) is 0.839. The van der Waals surface area contributed by atoms with Crippen LogP contribution in [0.4, 0.5) is 0 Å². The van der Waals surface area contributed by atoms with Crippen molar-refractivity contribution in [2.75, 3.05) is 0 Å².